The molecular formula is C20H31N3O3S. The third kappa shape index (κ3) is 4.70. The number of piperazine rings is 1. The predicted octanol–water partition coefficient (Wildman–Crippen LogP) is 1.87. The molecule has 0 saturated carbocycles. The Bertz CT molecular complexity index is 778. The van der Waals surface area contributed by atoms with Crippen molar-refractivity contribution < 1.29 is 13.2 Å². The number of likely N-dealkylation sites (tertiary alicyclic amines) is 1. The summed E-state index contributed by atoms with van der Waals surface area (Å²) < 4.78 is 27.5. The zero-order valence-corrected chi connectivity index (χ0v) is 17.5. The molecule has 2 aliphatic heterocycles. The van der Waals surface area contributed by atoms with E-state index in [4.69, 9.17) is 0 Å². The van der Waals surface area contributed by atoms with E-state index in [1.165, 1.54) is 4.31 Å². The summed E-state index contributed by atoms with van der Waals surface area (Å²) in [6.07, 6.45) is 2.30. The number of nitrogens with zero attached hydrogens (tertiary/aromatic N) is 3. The molecule has 0 radical (unpaired) electrons. The van der Waals surface area contributed by atoms with Gasteiger partial charge in [0.05, 0.1) is 11.4 Å². The monoisotopic (exact) mass is 393 g/mol. The Balaban J connectivity index is 1.58. The first-order valence-electron chi connectivity index (χ1n) is 9.85. The second kappa shape index (κ2) is 8.29. The fourth-order valence-corrected chi connectivity index (χ4v) is 5.55. The van der Waals surface area contributed by atoms with Crippen molar-refractivity contribution in [1.29, 1.82) is 0 Å². The topological polar surface area (TPSA) is 60.9 Å². The van der Waals surface area contributed by atoms with E-state index in [0.29, 0.717) is 37.6 Å². The molecule has 0 aliphatic carbocycles. The summed E-state index contributed by atoms with van der Waals surface area (Å²) in [5.41, 5.74) is 1.70. The average molecular weight is 394 g/mol. The Morgan fingerprint density at radius 2 is 1.67 bits per heavy atom. The Morgan fingerprint density at radius 3 is 2.30 bits per heavy atom. The summed E-state index contributed by atoms with van der Waals surface area (Å²) in [6.45, 7) is 10.0. The molecular weight excluding hydrogens is 362 g/mol. The first-order chi connectivity index (χ1) is 12.8. The molecule has 7 heteroatoms. The first-order valence-corrected chi connectivity index (χ1v) is 11.3. The van der Waals surface area contributed by atoms with Gasteiger partial charge in [-0.25, -0.2) is 8.42 Å². The molecule has 6 nitrogen and oxygen atoms in total. The Hall–Kier alpha value is -1.44. The van der Waals surface area contributed by atoms with Gasteiger partial charge in [0.15, 0.2) is 0 Å². The minimum Gasteiger partial charge on any atom is -0.339 e. The van der Waals surface area contributed by atoms with Crippen molar-refractivity contribution in [2.75, 3.05) is 45.8 Å². The number of carbonyl (C=O) groups excluding carboxylic acids is 1. The zero-order valence-electron chi connectivity index (χ0n) is 16.6. The molecule has 150 valence electrons. The smallest absolute Gasteiger partial charge is 0.243 e. The number of sulfonamides is 1. The highest BCUT2D eigenvalue weighted by Gasteiger charge is 2.31. The number of hydrogen-bond acceptors (Lipinski definition) is 4. The van der Waals surface area contributed by atoms with Crippen LogP contribution in [0.15, 0.2) is 23.1 Å². The lowest BCUT2D eigenvalue weighted by Gasteiger charge is -2.36. The van der Waals surface area contributed by atoms with Gasteiger partial charge in [0.25, 0.3) is 0 Å². The molecule has 1 aromatic carbocycles. The Labute approximate surface area is 163 Å². The molecule has 0 unspecified atom stereocenters. The predicted molar refractivity (Wildman–Crippen MR) is 106 cm³/mol. The zero-order chi connectivity index (χ0) is 19.6. The molecule has 3 rings (SSSR count). The molecule has 1 amide bonds. The standard InChI is InChI=1S/C20H31N3O3S/c1-16-6-8-21(9-7-16)15-20(24)22-10-12-23(13-11-22)27(25,26)19-14-17(2)4-5-18(19)3/h4-5,14,16H,6-13,15H2,1-3H3. The van der Waals surface area contributed by atoms with E-state index < -0.39 is 10.0 Å². The molecule has 0 atom stereocenters. The van der Waals surface area contributed by atoms with E-state index in [2.05, 4.69) is 11.8 Å². The van der Waals surface area contributed by atoms with Gasteiger partial charge in [0, 0.05) is 26.2 Å². The second-order valence-electron chi connectivity index (χ2n) is 8.01. The normalized spacial score (nSPS) is 20.8. The van der Waals surface area contributed by atoms with Gasteiger partial charge in [-0.15, -0.1) is 0 Å². The maximum absolute atomic E-state index is 13.0. The van der Waals surface area contributed by atoms with Gasteiger partial charge in [0.1, 0.15) is 0 Å². The lowest BCUT2D eigenvalue weighted by atomic mass is 9.99. The first kappa shape index (κ1) is 20.3. The lowest BCUT2D eigenvalue weighted by Crippen LogP contribution is -2.53. The molecule has 0 aromatic heterocycles. The van der Waals surface area contributed by atoms with Crippen molar-refractivity contribution >= 4 is 15.9 Å². The minimum atomic E-state index is -3.51. The second-order valence-corrected chi connectivity index (χ2v) is 9.92. The van der Waals surface area contributed by atoms with Crippen LogP contribution >= 0.6 is 0 Å². The molecule has 2 aliphatic rings. The van der Waals surface area contributed by atoms with Gasteiger partial charge in [0.2, 0.25) is 15.9 Å². The summed E-state index contributed by atoms with van der Waals surface area (Å²) in [5, 5.41) is 0. The summed E-state index contributed by atoms with van der Waals surface area (Å²) in [4.78, 5) is 17.0. The van der Waals surface area contributed by atoms with Crippen molar-refractivity contribution in [1.82, 2.24) is 14.1 Å². The summed E-state index contributed by atoms with van der Waals surface area (Å²) in [6, 6.07) is 5.51. The quantitative estimate of drug-likeness (QED) is 0.784. The highest BCUT2D eigenvalue weighted by Crippen LogP contribution is 2.22. The number of aryl methyl sites for hydroxylation is 2. The summed E-state index contributed by atoms with van der Waals surface area (Å²) >= 11 is 0. The molecule has 27 heavy (non-hydrogen) atoms. The maximum Gasteiger partial charge on any atom is 0.243 e. The molecule has 0 N–H and O–H groups in total. The number of amides is 1. The van der Waals surface area contributed by atoms with Gasteiger partial charge in [-0.2, -0.15) is 4.31 Å². The average Bonchev–Trinajstić information content (AvgIpc) is 2.65. The van der Waals surface area contributed by atoms with Gasteiger partial charge < -0.3 is 4.90 Å². The molecule has 0 bridgehead atoms. The van der Waals surface area contributed by atoms with E-state index in [1.807, 2.05) is 30.9 Å². The maximum atomic E-state index is 13.0. The van der Waals surface area contributed by atoms with Crippen LogP contribution in [0.25, 0.3) is 0 Å². The van der Waals surface area contributed by atoms with E-state index in [-0.39, 0.29) is 5.91 Å². The molecule has 2 saturated heterocycles. The number of rotatable bonds is 4. The SMILES string of the molecule is Cc1ccc(C)c(S(=O)(=O)N2CCN(C(=O)CN3CCC(C)CC3)CC2)c1. The molecule has 2 heterocycles. The van der Waals surface area contributed by atoms with E-state index in [0.717, 1.165) is 43.0 Å². The van der Waals surface area contributed by atoms with Crippen molar-refractivity contribution in [3.63, 3.8) is 0 Å². The van der Waals surface area contributed by atoms with Crippen LogP contribution in [0.1, 0.15) is 30.9 Å². The van der Waals surface area contributed by atoms with Gasteiger partial charge in [-0.3, -0.25) is 9.69 Å². The minimum absolute atomic E-state index is 0.119. The fraction of sp³-hybridized carbons (Fsp3) is 0.650. The molecule has 2 fully saturated rings. The van der Waals surface area contributed by atoms with Gasteiger partial charge in [-0.1, -0.05) is 19.1 Å². The Morgan fingerprint density at radius 1 is 1.04 bits per heavy atom. The highest BCUT2D eigenvalue weighted by molar-refractivity contribution is 7.89. The third-order valence-corrected chi connectivity index (χ3v) is 7.83. The van der Waals surface area contributed by atoms with E-state index >= 15 is 0 Å². The van der Waals surface area contributed by atoms with Crippen molar-refractivity contribution in [2.24, 2.45) is 5.92 Å². The largest absolute Gasteiger partial charge is 0.339 e. The van der Waals surface area contributed by atoms with Gasteiger partial charge >= 0.3 is 0 Å². The van der Waals surface area contributed by atoms with Crippen LogP contribution in [0.5, 0.6) is 0 Å². The number of hydrogen-bond donors (Lipinski definition) is 0. The van der Waals surface area contributed by atoms with Crippen LogP contribution < -0.4 is 0 Å². The van der Waals surface area contributed by atoms with Crippen LogP contribution in [-0.2, 0) is 14.8 Å². The third-order valence-electron chi connectivity index (χ3n) is 5.79. The lowest BCUT2D eigenvalue weighted by molar-refractivity contribution is -0.133. The summed E-state index contributed by atoms with van der Waals surface area (Å²) in [7, 11) is -3.51. The van der Waals surface area contributed by atoms with Gasteiger partial charge in [-0.05, 0) is 62.9 Å². The highest BCUT2D eigenvalue weighted by atomic mass is 32.2. The molecule has 1 aromatic rings. The van der Waals surface area contributed by atoms with Crippen LogP contribution in [0, 0.1) is 19.8 Å². The van der Waals surface area contributed by atoms with Crippen LogP contribution in [0.3, 0.4) is 0 Å². The van der Waals surface area contributed by atoms with E-state index in [9.17, 15) is 13.2 Å². The van der Waals surface area contributed by atoms with Crippen LogP contribution in [-0.4, -0.2) is 74.2 Å². The number of benzene rings is 1. The van der Waals surface area contributed by atoms with Crippen LogP contribution in [0.2, 0.25) is 0 Å². The fourth-order valence-electron chi connectivity index (χ4n) is 3.81. The van der Waals surface area contributed by atoms with Crippen molar-refractivity contribution in [3.05, 3.63) is 29.3 Å². The Kier molecular flexibility index (Phi) is 6.23. The van der Waals surface area contributed by atoms with E-state index in [1.54, 1.807) is 6.07 Å². The van der Waals surface area contributed by atoms with Crippen molar-refractivity contribution in [3.8, 4) is 0 Å². The van der Waals surface area contributed by atoms with Crippen LogP contribution in [0.4, 0.5) is 0 Å². The number of carbonyl (C=O) groups is 1. The molecule has 0 spiro atoms. The summed E-state index contributed by atoms with van der Waals surface area (Å²) in [5.74, 6) is 0.864. The number of piperidine rings is 1. The van der Waals surface area contributed by atoms with Crippen molar-refractivity contribution in [2.45, 2.75) is 38.5 Å².